The Labute approximate surface area is 149 Å². The van der Waals surface area contributed by atoms with Gasteiger partial charge in [0.05, 0.1) is 0 Å². The fraction of sp³-hybridized carbons (Fsp3) is 0.444. The van der Waals surface area contributed by atoms with E-state index in [0.29, 0.717) is 11.8 Å². The summed E-state index contributed by atoms with van der Waals surface area (Å²) in [6.07, 6.45) is 5.52. The van der Waals surface area contributed by atoms with Crippen LogP contribution in [0.25, 0.3) is 10.8 Å². The summed E-state index contributed by atoms with van der Waals surface area (Å²) >= 11 is 0. The van der Waals surface area contributed by atoms with Crippen LogP contribution in [0.3, 0.4) is 0 Å². The SMILES string of the molecule is CCCCc1cc2ccccc2c(S(=O)(=O)O)c1CCCC.[Fe]. The molecule has 0 saturated heterocycles. The maximum Gasteiger partial charge on any atom is 0.295 e. The van der Waals surface area contributed by atoms with Gasteiger partial charge in [-0.25, -0.2) is 0 Å². The summed E-state index contributed by atoms with van der Waals surface area (Å²) < 4.78 is 33.8. The number of hydrogen-bond donors (Lipinski definition) is 1. The van der Waals surface area contributed by atoms with Gasteiger partial charge in [-0.05, 0) is 42.2 Å². The summed E-state index contributed by atoms with van der Waals surface area (Å²) in [7, 11) is -4.24. The van der Waals surface area contributed by atoms with Crippen LogP contribution >= 0.6 is 0 Å². The normalized spacial score (nSPS) is 11.4. The van der Waals surface area contributed by atoms with Crippen LogP contribution < -0.4 is 0 Å². The number of aryl methyl sites for hydroxylation is 1. The van der Waals surface area contributed by atoms with Gasteiger partial charge in [-0.2, -0.15) is 8.42 Å². The molecule has 0 unspecified atom stereocenters. The molecule has 0 bridgehead atoms. The molecule has 2 rings (SSSR count). The van der Waals surface area contributed by atoms with E-state index in [-0.39, 0.29) is 22.0 Å². The molecular formula is C18H24FeO3S. The molecule has 128 valence electrons. The molecule has 0 fully saturated rings. The zero-order chi connectivity index (χ0) is 16.2. The van der Waals surface area contributed by atoms with Gasteiger partial charge >= 0.3 is 0 Å². The van der Waals surface area contributed by atoms with E-state index in [1.807, 2.05) is 18.2 Å². The van der Waals surface area contributed by atoms with E-state index in [1.165, 1.54) is 0 Å². The van der Waals surface area contributed by atoms with Gasteiger partial charge in [0.25, 0.3) is 10.1 Å². The van der Waals surface area contributed by atoms with Crippen molar-refractivity contribution in [2.24, 2.45) is 0 Å². The molecule has 0 aliphatic heterocycles. The minimum atomic E-state index is -4.24. The molecule has 23 heavy (non-hydrogen) atoms. The zero-order valence-corrected chi connectivity index (χ0v) is 15.6. The van der Waals surface area contributed by atoms with Crippen LogP contribution in [0.4, 0.5) is 0 Å². The standard InChI is InChI=1S/C18H24O3S.Fe/c1-3-5-9-14-13-15-10-7-8-12-17(15)18(22(19,20)21)16(14)11-6-4-2;/h7-8,10,12-13H,3-6,9,11H2,1-2H3,(H,19,20,21);. The third kappa shape index (κ3) is 4.80. The molecule has 0 aromatic heterocycles. The Morgan fingerprint density at radius 2 is 1.61 bits per heavy atom. The van der Waals surface area contributed by atoms with Gasteiger partial charge in [0.1, 0.15) is 4.90 Å². The Morgan fingerprint density at radius 1 is 1.00 bits per heavy atom. The fourth-order valence-electron chi connectivity index (χ4n) is 2.93. The summed E-state index contributed by atoms with van der Waals surface area (Å²) in [4.78, 5) is 0.116. The molecule has 0 atom stereocenters. The first-order valence-corrected chi connectivity index (χ1v) is 9.44. The molecule has 2 aromatic carbocycles. The van der Waals surface area contributed by atoms with E-state index in [2.05, 4.69) is 19.9 Å². The van der Waals surface area contributed by atoms with Crippen molar-refractivity contribution in [1.82, 2.24) is 0 Å². The van der Waals surface area contributed by atoms with Crippen LogP contribution in [0.2, 0.25) is 0 Å². The zero-order valence-electron chi connectivity index (χ0n) is 13.7. The van der Waals surface area contributed by atoms with Gasteiger partial charge in [0, 0.05) is 22.5 Å². The Hall–Kier alpha value is -0.871. The van der Waals surface area contributed by atoms with Crippen LogP contribution in [0, 0.1) is 0 Å². The minimum absolute atomic E-state index is 0. The van der Waals surface area contributed by atoms with Crippen molar-refractivity contribution in [2.75, 3.05) is 0 Å². The van der Waals surface area contributed by atoms with Crippen molar-refractivity contribution >= 4 is 20.9 Å². The van der Waals surface area contributed by atoms with E-state index in [4.69, 9.17) is 0 Å². The van der Waals surface area contributed by atoms with Gasteiger partial charge in [0.2, 0.25) is 0 Å². The van der Waals surface area contributed by atoms with Crippen LogP contribution in [0.15, 0.2) is 35.2 Å². The van der Waals surface area contributed by atoms with Gasteiger partial charge < -0.3 is 0 Å². The van der Waals surface area contributed by atoms with Crippen molar-refractivity contribution in [1.29, 1.82) is 0 Å². The third-order valence-corrected chi connectivity index (χ3v) is 5.02. The summed E-state index contributed by atoms with van der Waals surface area (Å²) in [5.41, 5.74) is 1.86. The molecule has 0 radical (unpaired) electrons. The topological polar surface area (TPSA) is 54.4 Å². The third-order valence-electron chi connectivity index (χ3n) is 4.03. The van der Waals surface area contributed by atoms with Crippen molar-refractivity contribution in [3.05, 3.63) is 41.5 Å². The first kappa shape index (κ1) is 20.2. The Kier molecular flexibility index (Phi) is 7.75. The largest absolute Gasteiger partial charge is 0.295 e. The van der Waals surface area contributed by atoms with Crippen LogP contribution in [0.1, 0.15) is 50.7 Å². The van der Waals surface area contributed by atoms with Gasteiger partial charge in [-0.15, -0.1) is 0 Å². The minimum Gasteiger partial charge on any atom is -0.282 e. The average Bonchev–Trinajstić information content (AvgIpc) is 2.48. The second-order valence-electron chi connectivity index (χ2n) is 5.75. The quantitative estimate of drug-likeness (QED) is 0.560. The summed E-state index contributed by atoms with van der Waals surface area (Å²) in [5, 5.41) is 1.50. The van der Waals surface area contributed by atoms with Gasteiger partial charge in [-0.3, -0.25) is 4.55 Å². The van der Waals surface area contributed by atoms with Crippen LogP contribution in [-0.4, -0.2) is 13.0 Å². The first-order valence-electron chi connectivity index (χ1n) is 8.00. The molecule has 5 heteroatoms. The average molecular weight is 376 g/mol. The molecule has 2 aromatic rings. The maximum absolute atomic E-state index is 12.0. The Morgan fingerprint density at radius 3 is 2.22 bits per heavy atom. The molecule has 0 heterocycles. The fourth-order valence-corrected chi connectivity index (χ4v) is 3.93. The van der Waals surface area contributed by atoms with Gasteiger partial charge in [-0.1, -0.05) is 57.0 Å². The monoisotopic (exact) mass is 376 g/mol. The molecular weight excluding hydrogens is 352 g/mol. The smallest absolute Gasteiger partial charge is 0.282 e. The van der Waals surface area contributed by atoms with Gasteiger partial charge in [0.15, 0.2) is 0 Å². The summed E-state index contributed by atoms with van der Waals surface area (Å²) in [5.74, 6) is 0. The van der Waals surface area contributed by atoms with E-state index in [1.54, 1.807) is 6.07 Å². The van der Waals surface area contributed by atoms with Crippen molar-refractivity contribution in [3.63, 3.8) is 0 Å². The Balaban J connectivity index is 0.00000264. The molecule has 0 spiro atoms. The predicted octanol–water partition coefficient (Wildman–Crippen LogP) is 4.77. The van der Waals surface area contributed by atoms with E-state index in [0.717, 1.165) is 48.6 Å². The second kappa shape index (κ2) is 8.84. The summed E-state index contributed by atoms with van der Waals surface area (Å²) in [6.45, 7) is 4.20. The number of unbranched alkanes of at least 4 members (excludes halogenated alkanes) is 2. The number of hydrogen-bond acceptors (Lipinski definition) is 2. The molecule has 0 amide bonds. The van der Waals surface area contributed by atoms with Crippen molar-refractivity contribution in [2.45, 2.75) is 57.3 Å². The number of fused-ring (bicyclic) bond motifs is 1. The maximum atomic E-state index is 12.0. The predicted molar refractivity (Wildman–Crippen MR) is 91.0 cm³/mol. The van der Waals surface area contributed by atoms with E-state index in [9.17, 15) is 13.0 Å². The van der Waals surface area contributed by atoms with Crippen LogP contribution in [0.5, 0.6) is 0 Å². The molecule has 0 saturated carbocycles. The summed E-state index contributed by atoms with van der Waals surface area (Å²) in [6, 6.07) is 9.48. The van der Waals surface area contributed by atoms with E-state index >= 15 is 0 Å². The second-order valence-corrected chi connectivity index (χ2v) is 7.11. The number of rotatable bonds is 7. The van der Waals surface area contributed by atoms with Crippen molar-refractivity contribution in [3.8, 4) is 0 Å². The molecule has 0 aliphatic rings. The van der Waals surface area contributed by atoms with Crippen molar-refractivity contribution < 1.29 is 30.0 Å². The molecule has 3 nitrogen and oxygen atoms in total. The molecule has 0 aliphatic carbocycles. The Bertz CT molecular complexity index is 754. The van der Waals surface area contributed by atoms with Crippen LogP contribution in [-0.2, 0) is 40.0 Å². The number of benzene rings is 2. The molecule has 1 N–H and O–H groups in total. The first-order chi connectivity index (χ1) is 10.5. The van der Waals surface area contributed by atoms with E-state index < -0.39 is 10.1 Å².